The molecule has 0 aliphatic rings. The minimum absolute atomic E-state index is 0.133. The SMILES string of the molecule is CCCCOC(=O)CCCCC(=O)Oc1cc(Cl)cc(Cl)c1Cl. The normalized spacial score (nSPS) is 10.4. The van der Waals surface area contributed by atoms with Crippen molar-refractivity contribution in [3.8, 4) is 5.75 Å². The van der Waals surface area contributed by atoms with E-state index in [1.54, 1.807) is 0 Å². The highest BCUT2D eigenvalue weighted by atomic mass is 35.5. The highest BCUT2D eigenvalue weighted by Crippen LogP contribution is 2.35. The van der Waals surface area contributed by atoms with Crippen LogP contribution in [0.3, 0.4) is 0 Å². The first-order chi connectivity index (χ1) is 10.9. The molecule has 0 spiro atoms. The lowest BCUT2D eigenvalue weighted by molar-refractivity contribution is -0.144. The molecule has 23 heavy (non-hydrogen) atoms. The van der Waals surface area contributed by atoms with E-state index in [1.165, 1.54) is 12.1 Å². The minimum Gasteiger partial charge on any atom is -0.466 e. The molecule has 0 heterocycles. The standard InChI is InChI=1S/C16H19Cl3O4/c1-2-3-8-22-14(20)6-4-5-7-15(21)23-13-10-11(17)9-12(18)16(13)19/h9-10H,2-8H2,1H3. The number of esters is 2. The minimum atomic E-state index is -0.454. The Balaban J connectivity index is 2.29. The number of ether oxygens (including phenoxy) is 2. The number of halogens is 3. The molecule has 0 amide bonds. The fourth-order valence-corrected chi connectivity index (χ4v) is 2.34. The highest BCUT2D eigenvalue weighted by molar-refractivity contribution is 6.44. The van der Waals surface area contributed by atoms with Crippen molar-refractivity contribution < 1.29 is 19.1 Å². The molecule has 0 N–H and O–H groups in total. The fourth-order valence-electron chi connectivity index (χ4n) is 1.72. The summed E-state index contributed by atoms with van der Waals surface area (Å²) < 4.78 is 10.2. The van der Waals surface area contributed by atoms with E-state index in [9.17, 15) is 9.59 Å². The Morgan fingerprint density at radius 1 is 1.00 bits per heavy atom. The first kappa shape index (κ1) is 20.1. The van der Waals surface area contributed by atoms with Gasteiger partial charge >= 0.3 is 11.9 Å². The van der Waals surface area contributed by atoms with Crippen LogP contribution in [0.1, 0.15) is 45.4 Å². The van der Waals surface area contributed by atoms with Gasteiger partial charge in [-0.15, -0.1) is 0 Å². The molecule has 128 valence electrons. The molecule has 1 rings (SSSR count). The third kappa shape index (κ3) is 7.91. The summed E-state index contributed by atoms with van der Waals surface area (Å²) in [4.78, 5) is 23.1. The van der Waals surface area contributed by atoms with Gasteiger partial charge in [0, 0.05) is 23.9 Å². The van der Waals surface area contributed by atoms with Crippen LogP contribution in [0.5, 0.6) is 5.75 Å². The van der Waals surface area contributed by atoms with Crippen molar-refractivity contribution in [1.29, 1.82) is 0 Å². The Morgan fingerprint density at radius 3 is 2.30 bits per heavy atom. The average Bonchev–Trinajstić information content (AvgIpc) is 2.49. The summed E-state index contributed by atoms with van der Waals surface area (Å²) in [5, 5.41) is 0.692. The molecule has 0 aliphatic heterocycles. The molecule has 0 saturated heterocycles. The molecule has 0 aliphatic carbocycles. The number of hydrogen-bond donors (Lipinski definition) is 0. The zero-order valence-corrected chi connectivity index (χ0v) is 15.1. The van der Waals surface area contributed by atoms with E-state index >= 15 is 0 Å². The van der Waals surface area contributed by atoms with E-state index in [0.29, 0.717) is 30.9 Å². The van der Waals surface area contributed by atoms with E-state index in [2.05, 4.69) is 0 Å². The van der Waals surface area contributed by atoms with Gasteiger partial charge in [-0.3, -0.25) is 9.59 Å². The summed E-state index contributed by atoms with van der Waals surface area (Å²) in [6, 6.07) is 2.89. The van der Waals surface area contributed by atoms with Gasteiger partial charge in [-0.2, -0.15) is 0 Å². The summed E-state index contributed by atoms with van der Waals surface area (Å²) in [7, 11) is 0. The molecule has 0 atom stereocenters. The maximum absolute atomic E-state index is 11.8. The third-order valence-electron chi connectivity index (χ3n) is 2.96. The summed E-state index contributed by atoms with van der Waals surface area (Å²) >= 11 is 17.6. The summed E-state index contributed by atoms with van der Waals surface area (Å²) in [6.45, 7) is 2.48. The number of unbranched alkanes of at least 4 members (excludes halogenated alkanes) is 2. The van der Waals surface area contributed by atoms with Gasteiger partial charge in [-0.25, -0.2) is 0 Å². The Hall–Kier alpha value is -0.970. The number of carbonyl (C=O) groups is 2. The molecule has 0 fully saturated rings. The fraction of sp³-hybridized carbons (Fsp3) is 0.500. The number of carbonyl (C=O) groups excluding carboxylic acids is 2. The van der Waals surface area contributed by atoms with Gasteiger partial charge in [0.2, 0.25) is 0 Å². The van der Waals surface area contributed by atoms with Gasteiger partial charge in [-0.05, 0) is 25.3 Å². The summed E-state index contributed by atoms with van der Waals surface area (Å²) in [5.41, 5.74) is 0. The summed E-state index contributed by atoms with van der Waals surface area (Å²) in [6.07, 6.45) is 3.39. The first-order valence-electron chi connectivity index (χ1n) is 7.45. The highest BCUT2D eigenvalue weighted by Gasteiger charge is 2.13. The summed E-state index contributed by atoms with van der Waals surface area (Å²) in [5.74, 6) is -0.561. The molecule has 0 saturated carbocycles. The van der Waals surface area contributed by atoms with Gasteiger partial charge in [0.15, 0.2) is 5.75 Å². The van der Waals surface area contributed by atoms with E-state index in [0.717, 1.165) is 12.8 Å². The third-order valence-corrected chi connectivity index (χ3v) is 3.96. The van der Waals surface area contributed by atoms with Crippen LogP contribution in [-0.2, 0) is 14.3 Å². The van der Waals surface area contributed by atoms with Crippen molar-refractivity contribution in [1.82, 2.24) is 0 Å². The predicted molar refractivity (Wildman–Crippen MR) is 91.4 cm³/mol. The maximum atomic E-state index is 11.8. The van der Waals surface area contributed by atoms with Crippen molar-refractivity contribution in [2.24, 2.45) is 0 Å². The molecule has 1 aromatic carbocycles. The lowest BCUT2D eigenvalue weighted by Gasteiger charge is -2.08. The monoisotopic (exact) mass is 380 g/mol. The van der Waals surface area contributed by atoms with Gasteiger partial charge in [0.25, 0.3) is 0 Å². The van der Waals surface area contributed by atoms with Crippen molar-refractivity contribution in [3.05, 3.63) is 27.2 Å². The second kappa shape index (κ2) is 10.7. The zero-order chi connectivity index (χ0) is 17.2. The molecule has 1 aromatic rings. The van der Waals surface area contributed by atoms with E-state index in [1.807, 2.05) is 6.92 Å². The van der Waals surface area contributed by atoms with Crippen molar-refractivity contribution in [2.75, 3.05) is 6.61 Å². The molecule has 0 bridgehead atoms. The molecule has 0 radical (unpaired) electrons. The van der Waals surface area contributed by atoms with Gasteiger partial charge in [0.1, 0.15) is 5.02 Å². The van der Waals surface area contributed by atoms with Crippen LogP contribution in [0.25, 0.3) is 0 Å². The largest absolute Gasteiger partial charge is 0.466 e. The Bertz CT molecular complexity index is 546. The van der Waals surface area contributed by atoms with E-state index in [-0.39, 0.29) is 28.2 Å². The molecular weight excluding hydrogens is 363 g/mol. The van der Waals surface area contributed by atoms with Crippen LogP contribution >= 0.6 is 34.8 Å². The van der Waals surface area contributed by atoms with Crippen molar-refractivity contribution in [2.45, 2.75) is 45.4 Å². The Morgan fingerprint density at radius 2 is 1.65 bits per heavy atom. The van der Waals surface area contributed by atoms with Crippen LogP contribution < -0.4 is 4.74 Å². The second-order valence-electron chi connectivity index (χ2n) is 4.95. The van der Waals surface area contributed by atoms with Gasteiger partial charge in [-0.1, -0.05) is 48.1 Å². The lowest BCUT2D eigenvalue weighted by Crippen LogP contribution is -2.09. The molecule has 0 aromatic heterocycles. The average molecular weight is 382 g/mol. The number of hydrogen-bond acceptors (Lipinski definition) is 4. The molecular formula is C16H19Cl3O4. The van der Waals surface area contributed by atoms with Crippen LogP contribution in [0.4, 0.5) is 0 Å². The molecule has 7 heteroatoms. The quantitative estimate of drug-likeness (QED) is 0.247. The van der Waals surface area contributed by atoms with Crippen LogP contribution in [0.15, 0.2) is 12.1 Å². The zero-order valence-electron chi connectivity index (χ0n) is 12.9. The lowest BCUT2D eigenvalue weighted by atomic mass is 10.2. The second-order valence-corrected chi connectivity index (χ2v) is 6.18. The topological polar surface area (TPSA) is 52.6 Å². The van der Waals surface area contributed by atoms with E-state index < -0.39 is 5.97 Å². The maximum Gasteiger partial charge on any atom is 0.311 e. The Labute approximate surface area is 151 Å². The van der Waals surface area contributed by atoms with Crippen molar-refractivity contribution in [3.63, 3.8) is 0 Å². The Kier molecular flexibility index (Phi) is 9.37. The van der Waals surface area contributed by atoms with Crippen molar-refractivity contribution >= 4 is 46.7 Å². The van der Waals surface area contributed by atoms with Crippen LogP contribution in [-0.4, -0.2) is 18.5 Å². The van der Waals surface area contributed by atoms with Crippen LogP contribution in [0, 0.1) is 0 Å². The van der Waals surface area contributed by atoms with E-state index in [4.69, 9.17) is 44.3 Å². The smallest absolute Gasteiger partial charge is 0.311 e. The molecule has 4 nitrogen and oxygen atoms in total. The number of benzene rings is 1. The first-order valence-corrected chi connectivity index (χ1v) is 8.58. The predicted octanol–water partition coefficient (Wildman–Crippen LogP) is 5.46. The number of rotatable bonds is 9. The van der Waals surface area contributed by atoms with Gasteiger partial charge in [0.05, 0.1) is 11.6 Å². The van der Waals surface area contributed by atoms with Gasteiger partial charge < -0.3 is 9.47 Å². The van der Waals surface area contributed by atoms with Crippen LogP contribution in [0.2, 0.25) is 15.1 Å². The molecule has 0 unspecified atom stereocenters.